The second-order valence-corrected chi connectivity index (χ2v) is 10.1. The summed E-state index contributed by atoms with van der Waals surface area (Å²) < 4.78 is 39.0. The lowest BCUT2D eigenvalue weighted by Gasteiger charge is -2.20. The van der Waals surface area contributed by atoms with Gasteiger partial charge in [0.2, 0.25) is 0 Å². The number of aromatic nitrogens is 2. The molecular formula is C25H24FN3O4S. The molecule has 3 aromatic carbocycles. The summed E-state index contributed by atoms with van der Waals surface area (Å²) in [6, 6.07) is 15.0. The molecule has 4 aromatic rings. The van der Waals surface area contributed by atoms with Gasteiger partial charge in [0.15, 0.2) is 9.84 Å². The van der Waals surface area contributed by atoms with Crippen LogP contribution in [0.3, 0.4) is 0 Å². The molecule has 0 radical (unpaired) electrons. The Hall–Kier alpha value is -3.72. The minimum Gasteiger partial charge on any atom is -0.507 e. The maximum absolute atomic E-state index is 13.3. The van der Waals surface area contributed by atoms with Crippen molar-refractivity contribution in [3.8, 4) is 11.4 Å². The van der Waals surface area contributed by atoms with Crippen LogP contribution in [-0.2, 0) is 9.84 Å². The van der Waals surface area contributed by atoms with E-state index in [0.29, 0.717) is 34.1 Å². The molecule has 9 heteroatoms. The fraction of sp³-hybridized carbons (Fsp3) is 0.200. The van der Waals surface area contributed by atoms with E-state index in [1.54, 1.807) is 41.2 Å². The van der Waals surface area contributed by atoms with Gasteiger partial charge in [-0.15, -0.1) is 0 Å². The lowest BCUT2D eigenvalue weighted by molar-refractivity contribution is 0.0936. The molecule has 0 aliphatic rings. The molecular weight excluding hydrogens is 457 g/mol. The molecule has 0 fully saturated rings. The van der Waals surface area contributed by atoms with Crippen LogP contribution in [0.25, 0.3) is 16.6 Å². The molecule has 4 rings (SSSR count). The predicted octanol–water partition coefficient (Wildman–Crippen LogP) is 4.54. The fourth-order valence-corrected chi connectivity index (χ4v) is 4.73. The number of rotatable bonds is 7. The zero-order chi connectivity index (χ0) is 24.5. The van der Waals surface area contributed by atoms with Crippen LogP contribution in [0.15, 0.2) is 71.8 Å². The molecule has 0 unspecified atom stereocenters. The maximum Gasteiger partial charge on any atom is 0.252 e. The van der Waals surface area contributed by atoms with Crippen molar-refractivity contribution in [2.24, 2.45) is 0 Å². The molecule has 0 aliphatic heterocycles. The van der Waals surface area contributed by atoms with Crippen LogP contribution in [0.5, 0.6) is 5.75 Å². The third-order valence-electron chi connectivity index (χ3n) is 5.60. The highest BCUT2D eigenvalue weighted by Crippen LogP contribution is 2.29. The Morgan fingerprint density at radius 1 is 1.15 bits per heavy atom. The summed E-state index contributed by atoms with van der Waals surface area (Å²) in [6.45, 7) is 1.96. The fourth-order valence-electron chi connectivity index (χ4n) is 3.93. The Bertz CT molecular complexity index is 1460. The highest BCUT2D eigenvalue weighted by Gasteiger charge is 2.21. The van der Waals surface area contributed by atoms with E-state index < -0.39 is 15.9 Å². The lowest BCUT2D eigenvalue weighted by Crippen LogP contribution is -2.28. The molecule has 0 spiro atoms. The number of phenolic OH excluding ortho intramolecular Hbond substituents is 1. The van der Waals surface area contributed by atoms with Crippen molar-refractivity contribution in [3.05, 3.63) is 83.8 Å². The van der Waals surface area contributed by atoms with Crippen molar-refractivity contribution >= 4 is 26.6 Å². The molecule has 34 heavy (non-hydrogen) atoms. The molecule has 1 atom stereocenters. The Morgan fingerprint density at radius 2 is 1.88 bits per heavy atom. The molecule has 0 saturated heterocycles. The van der Waals surface area contributed by atoms with Gasteiger partial charge in [0.1, 0.15) is 16.5 Å². The van der Waals surface area contributed by atoms with Crippen LogP contribution < -0.4 is 5.32 Å². The third kappa shape index (κ3) is 4.65. The minimum absolute atomic E-state index is 0.178. The van der Waals surface area contributed by atoms with E-state index in [9.17, 15) is 22.7 Å². The summed E-state index contributed by atoms with van der Waals surface area (Å²) in [5, 5.41) is 18.0. The summed E-state index contributed by atoms with van der Waals surface area (Å²) in [5.41, 5.74) is 2.35. The van der Waals surface area contributed by atoms with Gasteiger partial charge in [-0.05, 0) is 60.5 Å². The number of benzene rings is 3. The first-order chi connectivity index (χ1) is 16.2. The van der Waals surface area contributed by atoms with Crippen LogP contribution >= 0.6 is 0 Å². The summed E-state index contributed by atoms with van der Waals surface area (Å²) in [6.07, 6.45) is 3.93. The quantitative estimate of drug-likeness (QED) is 0.403. The Labute approximate surface area is 196 Å². The first kappa shape index (κ1) is 23.4. The third-order valence-corrected chi connectivity index (χ3v) is 6.72. The molecule has 0 aliphatic carbocycles. The standard InChI is InChI=1S/C25H24FN3O4S/c1-3-5-21(16-8-13-23(30)24(14-16)34(2,32)33)28-25(31)19-6-4-7-22-20(19)15-27-29(22)18-11-9-17(26)10-12-18/h4,6-15,21,30H,3,5H2,1-2H3,(H,28,31)/t21-/m1/s1. The first-order valence-corrected chi connectivity index (χ1v) is 12.6. The van der Waals surface area contributed by atoms with Gasteiger partial charge in [-0.1, -0.05) is 25.5 Å². The molecule has 0 saturated carbocycles. The van der Waals surface area contributed by atoms with Crippen molar-refractivity contribution < 1.29 is 22.7 Å². The van der Waals surface area contributed by atoms with Gasteiger partial charge in [-0.25, -0.2) is 17.5 Å². The van der Waals surface area contributed by atoms with E-state index >= 15 is 0 Å². The number of nitrogens with one attached hydrogen (secondary N) is 1. The minimum atomic E-state index is -3.64. The average Bonchev–Trinajstić information content (AvgIpc) is 3.23. The molecule has 1 heterocycles. The van der Waals surface area contributed by atoms with E-state index in [0.717, 1.165) is 12.7 Å². The van der Waals surface area contributed by atoms with Crippen LogP contribution in [0.1, 0.15) is 41.7 Å². The van der Waals surface area contributed by atoms with Crippen molar-refractivity contribution in [1.82, 2.24) is 15.1 Å². The summed E-state index contributed by atoms with van der Waals surface area (Å²) in [7, 11) is -3.64. The van der Waals surface area contributed by atoms with Gasteiger partial charge in [-0.3, -0.25) is 4.79 Å². The highest BCUT2D eigenvalue weighted by molar-refractivity contribution is 7.90. The molecule has 7 nitrogen and oxygen atoms in total. The monoisotopic (exact) mass is 481 g/mol. The topological polar surface area (TPSA) is 101 Å². The summed E-state index contributed by atoms with van der Waals surface area (Å²) in [5.74, 6) is -1.02. The zero-order valence-electron chi connectivity index (χ0n) is 18.7. The molecule has 1 aromatic heterocycles. The normalized spacial score (nSPS) is 12.6. The van der Waals surface area contributed by atoms with Crippen LogP contribution in [0, 0.1) is 5.82 Å². The second-order valence-electron chi connectivity index (χ2n) is 8.09. The van der Waals surface area contributed by atoms with E-state index in [1.807, 2.05) is 13.0 Å². The second kappa shape index (κ2) is 9.26. The molecule has 1 amide bonds. The van der Waals surface area contributed by atoms with E-state index in [-0.39, 0.29) is 22.4 Å². The number of aromatic hydroxyl groups is 1. The predicted molar refractivity (Wildman–Crippen MR) is 127 cm³/mol. The smallest absolute Gasteiger partial charge is 0.252 e. The maximum atomic E-state index is 13.3. The number of hydrogen-bond donors (Lipinski definition) is 2. The van der Waals surface area contributed by atoms with Crippen molar-refractivity contribution in [1.29, 1.82) is 0 Å². The molecule has 2 N–H and O–H groups in total. The molecule has 0 bridgehead atoms. The summed E-state index contributed by atoms with van der Waals surface area (Å²) in [4.78, 5) is 13.1. The van der Waals surface area contributed by atoms with E-state index in [4.69, 9.17) is 0 Å². The highest BCUT2D eigenvalue weighted by atomic mass is 32.2. The van der Waals surface area contributed by atoms with E-state index in [1.165, 1.54) is 24.3 Å². The summed E-state index contributed by atoms with van der Waals surface area (Å²) >= 11 is 0. The van der Waals surface area contributed by atoms with Gasteiger partial charge >= 0.3 is 0 Å². The Balaban J connectivity index is 1.68. The van der Waals surface area contributed by atoms with Crippen molar-refractivity contribution in [3.63, 3.8) is 0 Å². The number of phenols is 1. The Morgan fingerprint density at radius 3 is 2.56 bits per heavy atom. The SMILES string of the molecule is CCC[C@@H](NC(=O)c1cccc2c1cnn2-c1ccc(F)cc1)c1ccc(O)c(S(C)(=O)=O)c1. The number of sulfone groups is 1. The van der Waals surface area contributed by atoms with Crippen molar-refractivity contribution in [2.75, 3.05) is 6.26 Å². The van der Waals surface area contributed by atoms with E-state index in [2.05, 4.69) is 10.4 Å². The largest absolute Gasteiger partial charge is 0.507 e. The number of carbonyl (C=O) groups excluding carboxylic acids is 1. The van der Waals surface area contributed by atoms with Gasteiger partial charge in [-0.2, -0.15) is 5.10 Å². The number of carbonyl (C=O) groups is 1. The van der Waals surface area contributed by atoms with Gasteiger partial charge in [0.25, 0.3) is 5.91 Å². The number of fused-ring (bicyclic) bond motifs is 1. The van der Waals surface area contributed by atoms with Crippen LogP contribution in [-0.4, -0.2) is 35.5 Å². The number of hydrogen-bond acceptors (Lipinski definition) is 5. The van der Waals surface area contributed by atoms with Gasteiger partial charge < -0.3 is 10.4 Å². The van der Waals surface area contributed by atoms with Gasteiger partial charge in [0.05, 0.1) is 29.0 Å². The van der Waals surface area contributed by atoms with Crippen LogP contribution in [0.2, 0.25) is 0 Å². The number of amides is 1. The van der Waals surface area contributed by atoms with Crippen LogP contribution in [0.4, 0.5) is 4.39 Å². The Kier molecular flexibility index (Phi) is 6.39. The van der Waals surface area contributed by atoms with Gasteiger partial charge in [0, 0.05) is 11.6 Å². The molecule has 176 valence electrons. The first-order valence-electron chi connectivity index (χ1n) is 10.8. The zero-order valence-corrected chi connectivity index (χ0v) is 19.5. The average molecular weight is 482 g/mol. The number of nitrogens with zero attached hydrogens (tertiary/aromatic N) is 2. The lowest BCUT2D eigenvalue weighted by atomic mass is 10.0. The van der Waals surface area contributed by atoms with Crippen molar-refractivity contribution in [2.45, 2.75) is 30.7 Å². The number of halogens is 1.